The SMILES string of the molecule is CCC(C(=O)NC(C)C)C(=O)c1cc(Br)ccc1C(=O)O. The summed E-state index contributed by atoms with van der Waals surface area (Å²) in [4.78, 5) is 35.8. The Hall–Kier alpha value is -1.69. The molecule has 1 amide bonds. The van der Waals surface area contributed by atoms with Crippen LogP contribution in [0.15, 0.2) is 22.7 Å². The summed E-state index contributed by atoms with van der Waals surface area (Å²) in [5, 5.41) is 11.9. The summed E-state index contributed by atoms with van der Waals surface area (Å²) in [6.07, 6.45) is 0.308. The molecule has 0 saturated carbocycles. The molecule has 0 aliphatic rings. The molecule has 1 aromatic rings. The van der Waals surface area contributed by atoms with Crippen molar-refractivity contribution >= 4 is 33.6 Å². The fourth-order valence-electron chi connectivity index (χ4n) is 1.97. The maximum Gasteiger partial charge on any atom is 0.336 e. The highest BCUT2D eigenvalue weighted by Crippen LogP contribution is 2.21. The Kier molecular flexibility index (Phi) is 6.08. The first-order valence-electron chi connectivity index (χ1n) is 6.65. The van der Waals surface area contributed by atoms with E-state index in [9.17, 15) is 19.5 Å². The van der Waals surface area contributed by atoms with Gasteiger partial charge in [-0.25, -0.2) is 4.79 Å². The third kappa shape index (κ3) is 4.39. The Balaban J connectivity index is 3.19. The van der Waals surface area contributed by atoms with Crippen LogP contribution in [0.3, 0.4) is 0 Å². The molecule has 0 bridgehead atoms. The molecule has 1 atom stereocenters. The Bertz CT molecular complexity index is 569. The normalized spacial score (nSPS) is 12.0. The molecule has 0 radical (unpaired) electrons. The zero-order chi connectivity index (χ0) is 16.2. The molecule has 0 heterocycles. The van der Waals surface area contributed by atoms with Gasteiger partial charge in [0.05, 0.1) is 5.56 Å². The monoisotopic (exact) mass is 355 g/mol. The molecule has 1 unspecified atom stereocenters. The van der Waals surface area contributed by atoms with E-state index in [0.29, 0.717) is 10.9 Å². The first-order valence-corrected chi connectivity index (χ1v) is 7.44. The summed E-state index contributed by atoms with van der Waals surface area (Å²) in [5.41, 5.74) is -0.0540. The second kappa shape index (κ2) is 7.36. The first-order chi connectivity index (χ1) is 9.77. The first kappa shape index (κ1) is 17.4. The van der Waals surface area contributed by atoms with Crippen LogP contribution in [-0.2, 0) is 4.79 Å². The minimum Gasteiger partial charge on any atom is -0.478 e. The summed E-state index contributed by atoms with van der Waals surface area (Å²) < 4.78 is 0.593. The molecule has 0 aromatic heterocycles. The molecule has 0 aliphatic carbocycles. The lowest BCUT2D eigenvalue weighted by molar-refractivity contribution is -0.124. The molecular formula is C15H18BrNO4. The van der Waals surface area contributed by atoms with E-state index in [1.54, 1.807) is 26.8 Å². The molecule has 1 aromatic carbocycles. The summed E-state index contributed by atoms with van der Waals surface area (Å²) in [5.74, 6) is -2.94. The number of hydrogen-bond acceptors (Lipinski definition) is 3. The van der Waals surface area contributed by atoms with Gasteiger partial charge in [-0.05, 0) is 38.5 Å². The van der Waals surface area contributed by atoms with Gasteiger partial charge in [-0.15, -0.1) is 0 Å². The number of carbonyl (C=O) groups excluding carboxylic acids is 2. The zero-order valence-electron chi connectivity index (χ0n) is 12.1. The second-order valence-corrected chi connectivity index (χ2v) is 5.90. The average molecular weight is 356 g/mol. The third-order valence-electron chi connectivity index (χ3n) is 2.95. The van der Waals surface area contributed by atoms with Crippen molar-refractivity contribution in [3.63, 3.8) is 0 Å². The second-order valence-electron chi connectivity index (χ2n) is 4.98. The summed E-state index contributed by atoms with van der Waals surface area (Å²) in [7, 11) is 0. The highest BCUT2D eigenvalue weighted by Gasteiger charge is 2.29. The van der Waals surface area contributed by atoms with Crippen molar-refractivity contribution in [2.45, 2.75) is 33.2 Å². The summed E-state index contributed by atoms with van der Waals surface area (Å²) in [6.45, 7) is 5.33. The van der Waals surface area contributed by atoms with Gasteiger partial charge in [0.25, 0.3) is 0 Å². The molecule has 6 heteroatoms. The number of amides is 1. The van der Waals surface area contributed by atoms with E-state index in [1.165, 1.54) is 12.1 Å². The number of benzene rings is 1. The van der Waals surface area contributed by atoms with Crippen LogP contribution in [-0.4, -0.2) is 28.8 Å². The van der Waals surface area contributed by atoms with Crippen LogP contribution >= 0.6 is 15.9 Å². The maximum atomic E-state index is 12.5. The number of ketones is 1. The van der Waals surface area contributed by atoms with Gasteiger partial charge >= 0.3 is 5.97 Å². The van der Waals surface area contributed by atoms with Gasteiger partial charge in [0.1, 0.15) is 5.92 Å². The Morgan fingerprint density at radius 2 is 1.86 bits per heavy atom. The minimum absolute atomic E-state index is 0.0441. The maximum absolute atomic E-state index is 12.5. The van der Waals surface area contributed by atoms with Gasteiger partial charge < -0.3 is 10.4 Å². The van der Waals surface area contributed by atoms with Crippen LogP contribution in [0, 0.1) is 5.92 Å². The Morgan fingerprint density at radius 1 is 1.24 bits per heavy atom. The van der Waals surface area contributed by atoms with E-state index in [1.807, 2.05) is 0 Å². The molecule has 5 nitrogen and oxygen atoms in total. The molecule has 0 aliphatic heterocycles. The largest absolute Gasteiger partial charge is 0.478 e. The van der Waals surface area contributed by atoms with Crippen molar-refractivity contribution in [2.75, 3.05) is 0 Å². The van der Waals surface area contributed by atoms with Crippen molar-refractivity contribution in [3.8, 4) is 0 Å². The number of carboxylic acids is 1. The number of hydrogen-bond donors (Lipinski definition) is 2. The molecular weight excluding hydrogens is 338 g/mol. The van der Waals surface area contributed by atoms with Gasteiger partial charge in [0.2, 0.25) is 5.91 Å². The van der Waals surface area contributed by atoms with Crippen molar-refractivity contribution in [1.29, 1.82) is 0 Å². The van der Waals surface area contributed by atoms with Crippen LogP contribution < -0.4 is 5.32 Å². The van der Waals surface area contributed by atoms with Crippen molar-refractivity contribution in [3.05, 3.63) is 33.8 Å². The molecule has 0 spiro atoms. The quantitative estimate of drug-likeness (QED) is 0.606. The van der Waals surface area contributed by atoms with Gasteiger partial charge in [-0.2, -0.15) is 0 Å². The lowest BCUT2D eigenvalue weighted by Gasteiger charge is -2.17. The third-order valence-corrected chi connectivity index (χ3v) is 3.44. The fourth-order valence-corrected chi connectivity index (χ4v) is 2.33. The van der Waals surface area contributed by atoms with Crippen LogP contribution in [0.4, 0.5) is 0 Å². The van der Waals surface area contributed by atoms with Crippen LogP contribution in [0.1, 0.15) is 47.9 Å². The molecule has 21 heavy (non-hydrogen) atoms. The number of Topliss-reactive ketones (excluding diaryl/α,β-unsaturated/α-hetero) is 1. The smallest absolute Gasteiger partial charge is 0.336 e. The van der Waals surface area contributed by atoms with E-state index in [2.05, 4.69) is 21.2 Å². The van der Waals surface area contributed by atoms with Crippen molar-refractivity contribution < 1.29 is 19.5 Å². The average Bonchev–Trinajstić information content (AvgIpc) is 2.37. The predicted molar refractivity (Wildman–Crippen MR) is 82.5 cm³/mol. The van der Waals surface area contributed by atoms with E-state index in [4.69, 9.17) is 0 Å². The molecule has 1 rings (SSSR count). The van der Waals surface area contributed by atoms with E-state index in [0.717, 1.165) is 0 Å². The van der Waals surface area contributed by atoms with Crippen LogP contribution in [0.5, 0.6) is 0 Å². The molecule has 114 valence electrons. The van der Waals surface area contributed by atoms with Crippen molar-refractivity contribution in [1.82, 2.24) is 5.32 Å². The van der Waals surface area contributed by atoms with Crippen LogP contribution in [0.25, 0.3) is 0 Å². The summed E-state index contributed by atoms with van der Waals surface area (Å²) in [6, 6.07) is 4.26. The number of rotatable bonds is 6. The van der Waals surface area contributed by atoms with E-state index in [-0.39, 0.29) is 23.1 Å². The fraction of sp³-hybridized carbons (Fsp3) is 0.400. The van der Waals surface area contributed by atoms with Gasteiger partial charge in [0.15, 0.2) is 5.78 Å². The van der Waals surface area contributed by atoms with Crippen LogP contribution in [0.2, 0.25) is 0 Å². The molecule has 0 fully saturated rings. The van der Waals surface area contributed by atoms with E-state index < -0.39 is 17.7 Å². The topological polar surface area (TPSA) is 83.5 Å². The minimum atomic E-state index is -1.19. The lowest BCUT2D eigenvalue weighted by atomic mass is 9.91. The highest BCUT2D eigenvalue weighted by atomic mass is 79.9. The van der Waals surface area contributed by atoms with Gasteiger partial charge in [-0.3, -0.25) is 9.59 Å². The number of carbonyl (C=O) groups is 3. The lowest BCUT2D eigenvalue weighted by Crippen LogP contribution is -2.39. The molecule has 2 N–H and O–H groups in total. The number of carboxylic acid groups (broad SMARTS) is 1. The summed E-state index contributed by atoms with van der Waals surface area (Å²) >= 11 is 3.22. The van der Waals surface area contributed by atoms with Gasteiger partial charge in [-0.1, -0.05) is 22.9 Å². The number of nitrogens with one attached hydrogen (secondary N) is 1. The molecule has 0 saturated heterocycles. The Morgan fingerprint density at radius 3 is 2.33 bits per heavy atom. The number of aromatic carboxylic acids is 1. The number of halogens is 1. The Labute approximate surface area is 131 Å². The predicted octanol–water partition coefficient (Wildman–Crippen LogP) is 2.88. The standard InChI is InChI=1S/C15H18BrNO4/c1-4-10(14(19)17-8(2)3)13(18)12-7-9(16)5-6-11(12)15(20)21/h5-8,10H,4H2,1-3H3,(H,17,19)(H,20,21). The zero-order valence-corrected chi connectivity index (χ0v) is 13.7. The van der Waals surface area contributed by atoms with E-state index >= 15 is 0 Å². The van der Waals surface area contributed by atoms with Gasteiger partial charge in [0, 0.05) is 16.1 Å². The highest BCUT2D eigenvalue weighted by molar-refractivity contribution is 9.10. The van der Waals surface area contributed by atoms with Crippen molar-refractivity contribution in [2.24, 2.45) is 5.92 Å².